The molecule has 3 rings (SSSR count). The SMILES string of the molecule is O=c1nc2sc3ccc(Br)cc3cc-2s1. The Hall–Kier alpha value is -0.780. The standard InChI is InChI=1S/C10H4BrNOS2/c11-6-1-2-7-5(3-6)4-8-9(14-7)12-10(13)15-8/h1-4H. The predicted octanol–water partition coefficient (Wildman–Crippen LogP) is 3.59. The Morgan fingerprint density at radius 1 is 1.20 bits per heavy atom. The number of halogens is 1. The van der Waals surface area contributed by atoms with Gasteiger partial charge in [0, 0.05) is 9.17 Å². The van der Waals surface area contributed by atoms with Crippen molar-refractivity contribution < 1.29 is 0 Å². The fourth-order valence-corrected chi connectivity index (χ4v) is 3.63. The van der Waals surface area contributed by atoms with Gasteiger partial charge in [-0.3, -0.25) is 4.79 Å². The van der Waals surface area contributed by atoms with Crippen molar-refractivity contribution in [3.05, 3.63) is 38.4 Å². The molecule has 0 aliphatic carbocycles. The molecule has 1 aromatic rings. The third-order valence-electron chi connectivity index (χ3n) is 2.07. The first kappa shape index (κ1) is 9.45. The van der Waals surface area contributed by atoms with Crippen molar-refractivity contribution in [2.75, 3.05) is 0 Å². The number of hydrogen-bond acceptors (Lipinski definition) is 4. The van der Waals surface area contributed by atoms with E-state index in [4.69, 9.17) is 0 Å². The minimum absolute atomic E-state index is 0.115. The van der Waals surface area contributed by atoms with Crippen molar-refractivity contribution in [2.24, 2.45) is 0 Å². The van der Waals surface area contributed by atoms with E-state index in [0.29, 0.717) is 0 Å². The molecule has 1 aromatic carbocycles. The molecule has 15 heavy (non-hydrogen) atoms. The van der Waals surface area contributed by atoms with Crippen LogP contribution in [0.15, 0.2) is 33.5 Å². The fourth-order valence-electron chi connectivity index (χ4n) is 1.43. The highest BCUT2D eigenvalue weighted by molar-refractivity contribution is 9.10. The van der Waals surface area contributed by atoms with Crippen LogP contribution in [0.2, 0.25) is 0 Å². The fraction of sp³-hybridized carbons (Fsp3) is 0. The van der Waals surface area contributed by atoms with Gasteiger partial charge in [0.05, 0.1) is 4.88 Å². The second-order valence-corrected chi connectivity index (χ2v) is 6.02. The Morgan fingerprint density at radius 2 is 2.07 bits per heavy atom. The first-order valence-corrected chi connectivity index (χ1v) is 6.65. The monoisotopic (exact) mass is 297 g/mol. The van der Waals surface area contributed by atoms with Gasteiger partial charge in [-0.1, -0.05) is 27.3 Å². The summed E-state index contributed by atoms with van der Waals surface area (Å²) in [5, 5.41) is 1.98. The summed E-state index contributed by atoms with van der Waals surface area (Å²) >= 11 is 6.19. The Morgan fingerprint density at radius 3 is 2.93 bits per heavy atom. The summed E-state index contributed by atoms with van der Waals surface area (Å²) in [7, 11) is 0. The van der Waals surface area contributed by atoms with Crippen molar-refractivity contribution in [3.8, 4) is 9.88 Å². The van der Waals surface area contributed by atoms with Gasteiger partial charge in [0.1, 0.15) is 5.01 Å². The zero-order valence-electron chi connectivity index (χ0n) is 7.36. The number of nitrogens with zero attached hydrogens (tertiary/aromatic N) is 1. The zero-order chi connectivity index (χ0) is 10.4. The summed E-state index contributed by atoms with van der Waals surface area (Å²) in [5.74, 6) is 0. The normalized spacial score (nSPS) is 11.3. The Bertz CT molecular complexity index is 673. The van der Waals surface area contributed by atoms with E-state index in [1.807, 2.05) is 18.2 Å². The third-order valence-corrected chi connectivity index (χ3v) is 4.58. The number of aromatic nitrogens is 1. The Kier molecular flexibility index (Phi) is 2.12. The van der Waals surface area contributed by atoms with E-state index < -0.39 is 0 Å². The van der Waals surface area contributed by atoms with Crippen LogP contribution in [0.1, 0.15) is 0 Å². The lowest BCUT2D eigenvalue weighted by atomic mass is 10.2. The highest BCUT2D eigenvalue weighted by atomic mass is 79.9. The minimum atomic E-state index is -0.115. The van der Waals surface area contributed by atoms with E-state index in [0.717, 1.165) is 24.4 Å². The predicted molar refractivity (Wildman–Crippen MR) is 68.1 cm³/mol. The highest BCUT2D eigenvalue weighted by Crippen LogP contribution is 2.34. The molecule has 0 aromatic heterocycles. The van der Waals surface area contributed by atoms with Gasteiger partial charge in [0.15, 0.2) is 0 Å². The van der Waals surface area contributed by atoms with Crippen molar-refractivity contribution in [2.45, 2.75) is 0 Å². The molecule has 2 aliphatic heterocycles. The van der Waals surface area contributed by atoms with Gasteiger partial charge < -0.3 is 0 Å². The van der Waals surface area contributed by atoms with Crippen LogP contribution >= 0.6 is 38.6 Å². The third kappa shape index (κ3) is 1.60. The molecule has 0 bridgehead atoms. The molecule has 0 fully saturated rings. The van der Waals surface area contributed by atoms with Gasteiger partial charge in [-0.05, 0) is 29.7 Å². The maximum atomic E-state index is 11.1. The second-order valence-electron chi connectivity index (χ2n) is 3.08. The molecule has 0 unspecified atom stereocenters. The lowest BCUT2D eigenvalue weighted by molar-refractivity contribution is 1.38. The number of rotatable bonds is 0. The van der Waals surface area contributed by atoms with Crippen LogP contribution in [0.25, 0.3) is 20.0 Å². The van der Waals surface area contributed by atoms with Gasteiger partial charge >= 0.3 is 4.87 Å². The minimum Gasteiger partial charge on any atom is -0.255 e. The molecule has 5 heteroatoms. The molecule has 2 heterocycles. The summed E-state index contributed by atoms with van der Waals surface area (Å²) in [6.07, 6.45) is 0. The molecular formula is C10H4BrNOS2. The van der Waals surface area contributed by atoms with Crippen LogP contribution in [0.4, 0.5) is 0 Å². The number of benzene rings is 1. The second kappa shape index (κ2) is 3.37. The highest BCUT2D eigenvalue weighted by Gasteiger charge is 2.10. The van der Waals surface area contributed by atoms with Crippen LogP contribution < -0.4 is 4.87 Å². The van der Waals surface area contributed by atoms with Crippen molar-refractivity contribution >= 4 is 48.7 Å². The van der Waals surface area contributed by atoms with Crippen LogP contribution in [-0.4, -0.2) is 4.98 Å². The molecule has 74 valence electrons. The average Bonchev–Trinajstić information content (AvgIpc) is 2.53. The summed E-state index contributed by atoms with van der Waals surface area (Å²) in [6.45, 7) is 0. The maximum absolute atomic E-state index is 11.1. The van der Waals surface area contributed by atoms with Crippen molar-refractivity contribution in [3.63, 3.8) is 0 Å². The summed E-state index contributed by atoms with van der Waals surface area (Å²) in [6, 6.07) is 8.10. The first-order valence-electron chi connectivity index (χ1n) is 4.22. The summed E-state index contributed by atoms with van der Waals surface area (Å²) in [5.41, 5.74) is 0. The summed E-state index contributed by atoms with van der Waals surface area (Å²) < 4.78 is 2.20. The molecular weight excluding hydrogens is 294 g/mol. The smallest absolute Gasteiger partial charge is 0.255 e. The first-order chi connectivity index (χ1) is 7.22. The van der Waals surface area contributed by atoms with Crippen LogP contribution in [0, 0.1) is 0 Å². The van der Waals surface area contributed by atoms with E-state index in [1.165, 1.54) is 11.3 Å². The van der Waals surface area contributed by atoms with E-state index in [-0.39, 0.29) is 4.87 Å². The molecule has 0 saturated heterocycles. The van der Waals surface area contributed by atoms with Gasteiger partial charge in [-0.25, -0.2) is 0 Å². The average molecular weight is 298 g/mol. The quantitative estimate of drug-likeness (QED) is 0.635. The molecule has 0 saturated carbocycles. The van der Waals surface area contributed by atoms with E-state index in [2.05, 4.69) is 27.0 Å². The molecule has 0 amide bonds. The summed E-state index contributed by atoms with van der Waals surface area (Å²) in [4.78, 5) is 15.9. The van der Waals surface area contributed by atoms with E-state index in [1.54, 1.807) is 11.3 Å². The number of fused-ring (bicyclic) bond motifs is 2. The lowest BCUT2D eigenvalue weighted by Crippen LogP contribution is -1.89. The molecule has 0 spiro atoms. The van der Waals surface area contributed by atoms with Gasteiger partial charge in [0.25, 0.3) is 0 Å². The Balaban J connectivity index is 2.48. The zero-order valence-corrected chi connectivity index (χ0v) is 10.6. The maximum Gasteiger partial charge on any atom is 0.328 e. The van der Waals surface area contributed by atoms with Crippen LogP contribution in [-0.2, 0) is 0 Å². The number of thiazole rings is 1. The largest absolute Gasteiger partial charge is 0.328 e. The lowest BCUT2D eigenvalue weighted by Gasteiger charge is -2.00. The molecule has 0 N–H and O–H groups in total. The van der Waals surface area contributed by atoms with Crippen molar-refractivity contribution in [1.82, 2.24) is 4.98 Å². The van der Waals surface area contributed by atoms with Gasteiger partial charge in [0.2, 0.25) is 0 Å². The number of hydrogen-bond donors (Lipinski definition) is 0. The molecule has 0 radical (unpaired) electrons. The van der Waals surface area contributed by atoms with Crippen LogP contribution in [0.3, 0.4) is 0 Å². The molecule has 2 aliphatic rings. The molecule has 2 nitrogen and oxygen atoms in total. The molecule has 0 atom stereocenters. The van der Waals surface area contributed by atoms with E-state index in [9.17, 15) is 4.79 Å². The van der Waals surface area contributed by atoms with Crippen LogP contribution in [0.5, 0.6) is 0 Å². The van der Waals surface area contributed by atoms with Gasteiger partial charge in [-0.2, -0.15) is 4.98 Å². The van der Waals surface area contributed by atoms with Gasteiger partial charge in [-0.15, -0.1) is 11.3 Å². The topological polar surface area (TPSA) is 30.0 Å². The van der Waals surface area contributed by atoms with Crippen molar-refractivity contribution in [1.29, 1.82) is 0 Å². The Labute approximate surface area is 102 Å². The van der Waals surface area contributed by atoms with E-state index >= 15 is 0 Å².